The largest absolute Gasteiger partial charge is 0.462 e. The molecule has 1 heterocycles. The molecule has 0 saturated heterocycles. The third kappa shape index (κ3) is 2.61. The number of thiophene rings is 1. The normalized spacial score (nSPS) is 10.2. The Labute approximate surface area is 98.4 Å². The van der Waals surface area contributed by atoms with Crippen LogP contribution in [-0.4, -0.2) is 18.4 Å². The fraction of sp³-hybridized carbons (Fsp3) is 0.455. The zero-order valence-electron chi connectivity index (χ0n) is 9.62. The molecule has 0 aromatic carbocycles. The summed E-state index contributed by atoms with van der Waals surface area (Å²) in [5.74, 6) is -0.358. The van der Waals surface area contributed by atoms with Gasteiger partial charge in [0.25, 0.3) is 0 Å². The van der Waals surface area contributed by atoms with Crippen LogP contribution in [0.5, 0.6) is 0 Å². The lowest BCUT2D eigenvalue weighted by atomic mass is 10.1. The molecule has 1 aromatic rings. The smallest absolute Gasteiger partial charge is 0.341 e. The molecule has 0 atom stereocenters. The Bertz CT molecular complexity index is 423. The van der Waals surface area contributed by atoms with Crippen molar-refractivity contribution in [1.29, 1.82) is 0 Å². The second kappa shape index (κ2) is 5.12. The molecule has 4 nitrogen and oxygen atoms in total. The molecule has 0 unspecified atom stereocenters. The maximum atomic E-state index is 11.6. The van der Waals surface area contributed by atoms with Crippen molar-refractivity contribution in [3.8, 4) is 0 Å². The van der Waals surface area contributed by atoms with Crippen molar-refractivity contribution in [2.24, 2.45) is 0 Å². The van der Waals surface area contributed by atoms with Gasteiger partial charge in [0.05, 0.1) is 12.2 Å². The Morgan fingerprint density at radius 2 is 2.06 bits per heavy atom. The maximum absolute atomic E-state index is 11.6. The molecule has 0 saturated carbocycles. The van der Waals surface area contributed by atoms with Crippen LogP contribution in [0.25, 0.3) is 0 Å². The Hall–Kier alpha value is -1.36. The van der Waals surface area contributed by atoms with Gasteiger partial charge < -0.3 is 10.5 Å². The van der Waals surface area contributed by atoms with Crippen molar-refractivity contribution >= 4 is 28.1 Å². The van der Waals surface area contributed by atoms with E-state index in [4.69, 9.17) is 10.5 Å². The first-order chi connectivity index (χ1) is 7.47. The number of anilines is 1. The predicted molar refractivity (Wildman–Crippen MR) is 63.8 cm³/mol. The molecule has 88 valence electrons. The fourth-order valence-corrected chi connectivity index (χ4v) is 2.57. The maximum Gasteiger partial charge on any atom is 0.341 e. The third-order valence-corrected chi connectivity index (χ3v) is 3.28. The molecule has 0 aliphatic carbocycles. The first-order valence-electron chi connectivity index (χ1n) is 5.01. The Balaban J connectivity index is 3.06. The third-order valence-electron chi connectivity index (χ3n) is 2.16. The molecule has 1 rings (SSSR count). The summed E-state index contributed by atoms with van der Waals surface area (Å²) in [6, 6.07) is 0. The second-order valence-electron chi connectivity index (χ2n) is 3.49. The lowest BCUT2D eigenvalue weighted by Gasteiger charge is -2.02. The van der Waals surface area contributed by atoms with Gasteiger partial charge in [0, 0.05) is 11.3 Å². The number of carbonyl (C=O) groups excluding carboxylic acids is 2. The molecule has 2 N–H and O–H groups in total. The molecule has 0 radical (unpaired) electrons. The molecule has 0 bridgehead atoms. The van der Waals surface area contributed by atoms with E-state index in [1.54, 1.807) is 13.8 Å². The average molecular weight is 241 g/mol. The SMILES string of the molecule is CCOC(=O)c1c(N)sc(CC(C)=O)c1C. The molecular weight excluding hydrogens is 226 g/mol. The molecule has 0 fully saturated rings. The van der Waals surface area contributed by atoms with Gasteiger partial charge >= 0.3 is 5.97 Å². The summed E-state index contributed by atoms with van der Waals surface area (Å²) in [4.78, 5) is 23.5. The number of ketones is 1. The van der Waals surface area contributed by atoms with Gasteiger partial charge in [-0.25, -0.2) is 4.79 Å². The summed E-state index contributed by atoms with van der Waals surface area (Å²) in [5.41, 5.74) is 6.92. The van der Waals surface area contributed by atoms with Crippen LogP contribution >= 0.6 is 11.3 Å². The quantitative estimate of drug-likeness (QED) is 0.818. The van der Waals surface area contributed by atoms with E-state index in [1.807, 2.05) is 0 Å². The standard InChI is InChI=1S/C11H15NO3S/c1-4-15-11(14)9-7(3)8(5-6(2)13)16-10(9)12/h4-5,12H2,1-3H3. The Morgan fingerprint density at radius 1 is 1.44 bits per heavy atom. The molecule has 1 aromatic heterocycles. The van der Waals surface area contributed by atoms with Crippen LogP contribution in [0.1, 0.15) is 34.6 Å². The average Bonchev–Trinajstić information content (AvgIpc) is 2.41. The van der Waals surface area contributed by atoms with E-state index in [-0.39, 0.29) is 5.78 Å². The van der Waals surface area contributed by atoms with E-state index < -0.39 is 5.97 Å². The first-order valence-corrected chi connectivity index (χ1v) is 5.83. The van der Waals surface area contributed by atoms with Crippen LogP contribution in [0.2, 0.25) is 0 Å². The molecule has 0 aliphatic rings. The first kappa shape index (κ1) is 12.7. The van der Waals surface area contributed by atoms with Crippen LogP contribution in [0.15, 0.2) is 0 Å². The zero-order valence-corrected chi connectivity index (χ0v) is 10.4. The number of carbonyl (C=O) groups is 2. The van der Waals surface area contributed by atoms with Crippen molar-refractivity contribution < 1.29 is 14.3 Å². The van der Waals surface area contributed by atoms with Gasteiger partial charge in [-0.15, -0.1) is 11.3 Å². The highest BCUT2D eigenvalue weighted by molar-refractivity contribution is 7.16. The summed E-state index contributed by atoms with van der Waals surface area (Å²) in [5, 5.41) is 0.423. The summed E-state index contributed by atoms with van der Waals surface area (Å²) in [7, 11) is 0. The number of Topliss-reactive ketones (excluding diaryl/α,β-unsaturated/α-hetero) is 1. The monoisotopic (exact) mass is 241 g/mol. The predicted octanol–water partition coefficient (Wildman–Crippen LogP) is 1.95. The molecule has 0 aliphatic heterocycles. The van der Waals surface area contributed by atoms with Gasteiger partial charge in [-0.3, -0.25) is 4.79 Å². The topological polar surface area (TPSA) is 69.4 Å². The highest BCUT2D eigenvalue weighted by atomic mass is 32.1. The number of hydrogen-bond donors (Lipinski definition) is 1. The van der Waals surface area contributed by atoms with E-state index in [0.717, 1.165) is 10.4 Å². The van der Waals surface area contributed by atoms with Gasteiger partial charge in [0.2, 0.25) is 0 Å². The molecule has 16 heavy (non-hydrogen) atoms. The molecule has 5 heteroatoms. The van der Waals surface area contributed by atoms with E-state index in [0.29, 0.717) is 23.6 Å². The zero-order chi connectivity index (χ0) is 12.3. The lowest BCUT2D eigenvalue weighted by molar-refractivity contribution is -0.116. The van der Waals surface area contributed by atoms with Crippen LogP contribution < -0.4 is 5.73 Å². The van der Waals surface area contributed by atoms with E-state index >= 15 is 0 Å². The molecule has 0 amide bonds. The highest BCUT2D eigenvalue weighted by Crippen LogP contribution is 2.31. The van der Waals surface area contributed by atoms with Gasteiger partial charge in [-0.1, -0.05) is 0 Å². The van der Waals surface area contributed by atoms with Crippen molar-refractivity contribution in [3.05, 3.63) is 16.0 Å². The van der Waals surface area contributed by atoms with E-state index in [9.17, 15) is 9.59 Å². The van der Waals surface area contributed by atoms with Crippen molar-refractivity contribution in [1.82, 2.24) is 0 Å². The van der Waals surface area contributed by atoms with E-state index in [2.05, 4.69) is 0 Å². The Morgan fingerprint density at radius 3 is 2.56 bits per heavy atom. The summed E-state index contributed by atoms with van der Waals surface area (Å²) in [6.07, 6.45) is 0.320. The van der Waals surface area contributed by atoms with Crippen LogP contribution in [-0.2, 0) is 16.0 Å². The minimum Gasteiger partial charge on any atom is -0.462 e. The van der Waals surface area contributed by atoms with Crippen LogP contribution in [0.3, 0.4) is 0 Å². The lowest BCUT2D eigenvalue weighted by Crippen LogP contribution is -2.07. The second-order valence-corrected chi connectivity index (χ2v) is 4.63. The summed E-state index contributed by atoms with van der Waals surface area (Å²) >= 11 is 1.28. The number of rotatable bonds is 4. The summed E-state index contributed by atoms with van der Waals surface area (Å²) < 4.78 is 4.91. The van der Waals surface area contributed by atoms with Crippen molar-refractivity contribution in [3.63, 3.8) is 0 Å². The number of nitrogen functional groups attached to an aromatic ring is 1. The molecular formula is C11H15NO3S. The minimum atomic E-state index is -0.413. The molecule has 0 spiro atoms. The van der Waals surface area contributed by atoms with Crippen molar-refractivity contribution in [2.45, 2.75) is 27.2 Å². The van der Waals surface area contributed by atoms with Gasteiger partial charge in [-0.2, -0.15) is 0 Å². The van der Waals surface area contributed by atoms with E-state index in [1.165, 1.54) is 18.3 Å². The number of nitrogens with two attached hydrogens (primary N) is 1. The fourth-order valence-electron chi connectivity index (χ4n) is 1.44. The van der Waals surface area contributed by atoms with Gasteiger partial charge in [-0.05, 0) is 26.3 Å². The van der Waals surface area contributed by atoms with Crippen LogP contribution in [0.4, 0.5) is 5.00 Å². The number of ether oxygens (including phenoxy) is 1. The van der Waals surface area contributed by atoms with Gasteiger partial charge in [0.1, 0.15) is 10.8 Å². The number of hydrogen-bond acceptors (Lipinski definition) is 5. The highest BCUT2D eigenvalue weighted by Gasteiger charge is 2.20. The Kier molecular flexibility index (Phi) is 4.06. The van der Waals surface area contributed by atoms with Crippen molar-refractivity contribution in [2.75, 3.05) is 12.3 Å². The van der Waals surface area contributed by atoms with Gasteiger partial charge in [0.15, 0.2) is 0 Å². The minimum absolute atomic E-state index is 0.0553. The van der Waals surface area contributed by atoms with Crippen LogP contribution in [0, 0.1) is 6.92 Å². The summed E-state index contributed by atoms with van der Waals surface area (Å²) in [6.45, 7) is 5.36. The number of esters is 1.